The van der Waals surface area contributed by atoms with Crippen LogP contribution in [0.25, 0.3) is 0 Å². The van der Waals surface area contributed by atoms with Gasteiger partial charge in [0.2, 0.25) is 0 Å². The molecular formula is C16H30N4. The molecular weight excluding hydrogens is 248 g/mol. The van der Waals surface area contributed by atoms with Crippen molar-refractivity contribution in [3.63, 3.8) is 0 Å². The monoisotopic (exact) mass is 278 g/mol. The van der Waals surface area contributed by atoms with Crippen LogP contribution in [0.5, 0.6) is 0 Å². The van der Waals surface area contributed by atoms with Crippen LogP contribution in [0.2, 0.25) is 0 Å². The number of hydrogen-bond acceptors (Lipinski definition) is 3. The summed E-state index contributed by atoms with van der Waals surface area (Å²) in [5.41, 5.74) is 2.53. The molecule has 1 aromatic rings. The first-order valence-electron chi connectivity index (χ1n) is 7.92. The van der Waals surface area contributed by atoms with E-state index in [2.05, 4.69) is 61.7 Å². The van der Waals surface area contributed by atoms with Crippen molar-refractivity contribution in [3.8, 4) is 0 Å². The summed E-state index contributed by atoms with van der Waals surface area (Å²) >= 11 is 0. The Morgan fingerprint density at radius 1 is 1.30 bits per heavy atom. The second-order valence-electron chi connectivity index (χ2n) is 6.81. The lowest BCUT2D eigenvalue weighted by Gasteiger charge is -2.31. The summed E-state index contributed by atoms with van der Waals surface area (Å²) in [5, 5.41) is 8.29. The number of nitrogens with zero attached hydrogens (tertiary/aromatic N) is 3. The molecule has 0 aliphatic heterocycles. The topological polar surface area (TPSA) is 33.1 Å². The molecule has 114 valence electrons. The van der Waals surface area contributed by atoms with Crippen LogP contribution in [0.15, 0.2) is 0 Å². The molecule has 4 nitrogen and oxygen atoms in total. The average molecular weight is 278 g/mol. The van der Waals surface area contributed by atoms with E-state index >= 15 is 0 Å². The van der Waals surface area contributed by atoms with Gasteiger partial charge in [-0.05, 0) is 39.5 Å². The highest BCUT2D eigenvalue weighted by molar-refractivity contribution is 5.51. The van der Waals surface area contributed by atoms with Gasteiger partial charge in [-0.2, -0.15) is 5.10 Å². The van der Waals surface area contributed by atoms with Crippen molar-refractivity contribution in [1.29, 1.82) is 0 Å². The van der Waals surface area contributed by atoms with Crippen LogP contribution in [0, 0.1) is 12.8 Å². The molecule has 1 aliphatic carbocycles. The Hall–Kier alpha value is -1.03. The summed E-state index contributed by atoms with van der Waals surface area (Å²) in [7, 11) is 2.07. The summed E-state index contributed by atoms with van der Waals surface area (Å²) in [6.45, 7) is 13.2. The first kappa shape index (κ1) is 15.4. The fourth-order valence-electron chi connectivity index (χ4n) is 2.73. The smallest absolute Gasteiger partial charge is 0.131 e. The van der Waals surface area contributed by atoms with Gasteiger partial charge in [0, 0.05) is 37.8 Å². The fourth-order valence-corrected chi connectivity index (χ4v) is 2.73. The molecule has 1 heterocycles. The molecule has 1 aromatic heterocycles. The van der Waals surface area contributed by atoms with E-state index in [-0.39, 0.29) is 0 Å². The molecule has 0 unspecified atom stereocenters. The molecule has 1 fully saturated rings. The van der Waals surface area contributed by atoms with Crippen molar-refractivity contribution in [3.05, 3.63) is 11.3 Å². The molecule has 1 saturated carbocycles. The highest BCUT2D eigenvalue weighted by Crippen LogP contribution is 2.27. The van der Waals surface area contributed by atoms with E-state index in [1.807, 2.05) is 0 Å². The quantitative estimate of drug-likeness (QED) is 0.832. The van der Waals surface area contributed by atoms with Gasteiger partial charge in [0.25, 0.3) is 0 Å². The Balaban J connectivity index is 2.25. The van der Waals surface area contributed by atoms with Gasteiger partial charge in [0.15, 0.2) is 0 Å². The third-order valence-electron chi connectivity index (χ3n) is 3.92. The second kappa shape index (κ2) is 6.17. The van der Waals surface area contributed by atoms with Crippen molar-refractivity contribution in [1.82, 2.24) is 15.1 Å². The Bertz CT molecular complexity index is 444. The zero-order valence-corrected chi connectivity index (χ0v) is 13.9. The van der Waals surface area contributed by atoms with Gasteiger partial charge in [-0.25, -0.2) is 0 Å². The van der Waals surface area contributed by atoms with Crippen LogP contribution in [0.4, 0.5) is 5.82 Å². The Morgan fingerprint density at radius 3 is 2.45 bits per heavy atom. The number of hydrogen-bond donors (Lipinski definition) is 1. The molecule has 0 bridgehead atoms. The first-order valence-corrected chi connectivity index (χ1v) is 7.92. The summed E-state index contributed by atoms with van der Waals surface area (Å²) in [4.78, 5) is 2.49. The molecule has 0 radical (unpaired) electrons. The first-order chi connectivity index (χ1) is 9.40. The lowest BCUT2D eigenvalue weighted by Crippen LogP contribution is -2.36. The maximum Gasteiger partial charge on any atom is 0.131 e. The zero-order valence-electron chi connectivity index (χ0n) is 13.9. The second-order valence-corrected chi connectivity index (χ2v) is 6.81. The van der Waals surface area contributed by atoms with Crippen molar-refractivity contribution in [2.45, 2.75) is 66.1 Å². The standard InChI is InChI=1S/C16H30N4/c1-11(2)10-20(12(3)4)16-15(9-17-14-7-8-14)13(5)18-19(16)6/h11-12,14,17H,7-10H2,1-6H3. The van der Waals surface area contributed by atoms with Crippen LogP contribution in [-0.4, -0.2) is 28.4 Å². The Morgan fingerprint density at radius 2 is 1.95 bits per heavy atom. The van der Waals surface area contributed by atoms with Gasteiger partial charge in [0.1, 0.15) is 5.82 Å². The maximum absolute atomic E-state index is 4.65. The molecule has 4 heteroatoms. The fraction of sp³-hybridized carbons (Fsp3) is 0.812. The summed E-state index contributed by atoms with van der Waals surface area (Å²) in [5.74, 6) is 1.94. The molecule has 0 amide bonds. The van der Waals surface area contributed by atoms with Gasteiger partial charge < -0.3 is 10.2 Å². The molecule has 2 rings (SSSR count). The van der Waals surface area contributed by atoms with E-state index in [1.165, 1.54) is 24.2 Å². The SMILES string of the molecule is Cc1nn(C)c(N(CC(C)C)C(C)C)c1CNC1CC1. The number of aromatic nitrogens is 2. The van der Waals surface area contributed by atoms with E-state index in [1.54, 1.807) is 0 Å². The maximum atomic E-state index is 4.65. The van der Waals surface area contributed by atoms with E-state index in [9.17, 15) is 0 Å². The predicted octanol–water partition coefficient (Wildman–Crippen LogP) is 2.85. The minimum absolute atomic E-state index is 0.492. The summed E-state index contributed by atoms with van der Waals surface area (Å²) < 4.78 is 2.06. The lowest BCUT2D eigenvalue weighted by atomic mass is 10.1. The third kappa shape index (κ3) is 3.54. The minimum atomic E-state index is 0.492. The number of aryl methyl sites for hydroxylation is 2. The Labute approximate surface area is 123 Å². The van der Waals surface area contributed by atoms with E-state index in [4.69, 9.17) is 0 Å². The van der Waals surface area contributed by atoms with E-state index in [0.717, 1.165) is 24.8 Å². The highest BCUT2D eigenvalue weighted by atomic mass is 15.4. The minimum Gasteiger partial charge on any atom is -0.354 e. The summed E-state index contributed by atoms with van der Waals surface area (Å²) in [6, 6.07) is 1.23. The molecule has 0 spiro atoms. The summed E-state index contributed by atoms with van der Waals surface area (Å²) in [6.07, 6.45) is 2.66. The Kier molecular flexibility index (Phi) is 4.74. The normalized spacial score (nSPS) is 15.4. The molecule has 20 heavy (non-hydrogen) atoms. The van der Waals surface area contributed by atoms with Crippen molar-refractivity contribution in [2.75, 3.05) is 11.4 Å². The predicted molar refractivity (Wildman–Crippen MR) is 85.1 cm³/mol. The van der Waals surface area contributed by atoms with Gasteiger partial charge in [0.05, 0.1) is 5.69 Å². The van der Waals surface area contributed by atoms with Gasteiger partial charge >= 0.3 is 0 Å². The largest absolute Gasteiger partial charge is 0.354 e. The molecule has 0 atom stereocenters. The molecule has 0 aromatic carbocycles. The molecule has 1 N–H and O–H groups in total. The highest BCUT2D eigenvalue weighted by Gasteiger charge is 2.25. The molecule has 0 saturated heterocycles. The third-order valence-corrected chi connectivity index (χ3v) is 3.92. The van der Waals surface area contributed by atoms with Gasteiger partial charge in [-0.15, -0.1) is 0 Å². The van der Waals surface area contributed by atoms with Crippen LogP contribution in [0.3, 0.4) is 0 Å². The zero-order chi connectivity index (χ0) is 14.9. The van der Waals surface area contributed by atoms with Crippen LogP contribution >= 0.6 is 0 Å². The number of nitrogens with one attached hydrogen (secondary N) is 1. The van der Waals surface area contributed by atoms with E-state index in [0.29, 0.717) is 12.0 Å². The van der Waals surface area contributed by atoms with Crippen LogP contribution < -0.4 is 10.2 Å². The van der Waals surface area contributed by atoms with Crippen molar-refractivity contribution >= 4 is 5.82 Å². The van der Waals surface area contributed by atoms with Crippen LogP contribution in [-0.2, 0) is 13.6 Å². The number of anilines is 1. The van der Waals surface area contributed by atoms with Crippen LogP contribution in [0.1, 0.15) is 51.8 Å². The van der Waals surface area contributed by atoms with Gasteiger partial charge in [-0.1, -0.05) is 13.8 Å². The van der Waals surface area contributed by atoms with E-state index < -0.39 is 0 Å². The lowest BCUT2D eigenvalue weighted by molar-refractivity contribution is 0.549. The van der Waals surface area contributed by atoms with Crippen molar-refractivity contribution in [2.24, 2.45) is 13.0 Å². The average Bonchev–Trinajstić information content (AvgIpc) is 3.10. The van der Waals surface area contributed by atoms with Crippen molar-refractivity contribution < 1.29 is 0 Å². The molecule has 1 aliphatic rings. The number of rotatable bonds is 7. The van der Waals surface area contributed by atoms with Gasteiger partial charge in [-0.3, -0.25) is 4.68 Å².